The molecule has 94 valence electrons. The first-order chi connectivity index (χ1) is 8.35. The average Bonchev–Trinajstić information content (AvgIpc) is 2.41. The number of rotatable bonds is 4. The van der Waals surface area contributed by atoms with Gasteiger partial charge in [-0.05, 0) is 31.9 Å². The van der Waals surface area contributed by atoms with Gasteiger partial charge in [0.05, 0.1) is 0 Å². The van der Waals surface area contributed by atoms with E-state index >= 15 is 0 Å². The lowest BCUT2D eigenvalue weighted by molar-refractivity contribution is 0.416. The molecule has 1 fully saturated rings. The van der Waals surface area contributed by atoms with Gasteiger partial charge in [-0.15, -0.1) is 0 Å². The SMILES string of the molecule is CCN(c1cccc(NN)n1)C1CCCCC1. The second-order valence-electron chi connectivity index (χ2n) is 4.60. The number of anilines is 2. The van der Waals surface area contributed by atoms with Crippen molar-refractivity contribution in [1.82, 2.24) is 4.98 Å². The van der Waals surface area contributed by atoms with Gasteiger partial charge in [-0.3, -0.25) is 0 Å². The Hall–Kier alpha value is -1.29. The van der Waals surface area contributed by atoms with E-state index in [2.05, 4.69) is 28.3 Å². The van der Waals surface area contributed by atoms with Gasteiger partial charge in [-0.25, -0.2) is 10.8 Å². The molecule has 0 bridgehead atoms. The van der Waals surface area contributed by atoms with Gasteiger partial charge >= 0.3 is 0 Å². The van der Waals surface area contributed by atoms with Gasteiger partial charge in [0.1, 0.15) is 11.6 Å². The van der Waals surface area contributed by atoms with E-state index in [1.807, 2.05) is 12.1 Å². The minimum Gasteiger partial charge on any atom is -0.354 e. The Morgan fingerprint density at radius 2 is 2.12 bits per heavy atom. The number of aromatic nitrogens is 1. The highest BCUT2D eigenvalue weighted by Gasteiger charge is 2.20. The smallest absolute Gasteiger partial charge is 0.142 e. The number of nitrogen functional groups attached to an aromatic ring is 1. The Morgan fingerprint density at radius 3 is 2.76 bits per heavy atom. The first-order valence-electron chi connectivity index (χ1n) is 6.55. The van der Waals surface area contributed by atoms with Crippen LogP contribution in [0.25, 0.3) is 0 Å². The van der Waals surface area contributed by atoms with Crippen LogP contribution in [-0.2, 0) is 0 Å². The predicted molar refractivity (Wildman–Crippen MR) is 71.9 cm³/mol. The van der Waals surface area contributed by atoms with Crippen molar-refractivity contribution in [2.24, 2.45) is 5.84 Å². The van der Waals surface area contributed by atoms with Crippen LogP contribution >= 0.6 is 0 Å². The molecule has 0 spiro atoms. The summed E-state index contributed by atoms with van der Waals surface area (Å²) in [5.74, 6) is 7.18. The van der Waals surface area contributed by atoms with E-state index in [1.165, 1.54) is 32.1 Å². The fourth-order valence-electron chi connectivity index (χ4n) is 2.66. The molecular formula is C13H22N4. The lowest BCUT2D eigenvalue weighted by Gasteiger charge is -2.34. The molecule has 1 aliphatic rings. The Labute approximate surface area is 103 Å². The normalized spacial score (nSPS) is 16.8. The quantitative estimate of drug-likeness (QED) is 0.621. The molecule has 0 aliphatic heterocycles. The molecule has 3 N–H and O–H groups in total. The predicted octanol–water partition coefficient (Wildman–Crippen LogP) is 2.53. The molecule has 1 heterocycles. The largest absolute Gasteiger partial charge is 0.354 e. The Kier molecular flexibility index (Phi) is 4.20. The van der Waals surface area contributed by atoms with E-state index in [9.17, 15) is 0 Å². The summed E-state index contributed by atoms with van der Waals surface area (Å²) in [5.41, 5.74) is 2.61. The monoisotopic (exact) mass is 234 g/mol. The van der Waals surface area contributed by atoms with Crippen molar-refractivity contribution >= 4 is 11.6 Å². The summed E-state index contributed by atoms with van der Waals surface area (Å²) in [4.78, 5) is 6.93. The van der Waals surface area contributed by atoms with Gasteiger partial charge < -0.3 is 10.3 Å². The van der Waals surface area contributed by atoms with Crippen LogP contribution in [0.5, 0.6) is 0 Å². The maximum atomic E-state index is 5.41. The molecule has 1 aliphatic carbocycles. The molecule has 4 heteroatoms. The Morgan fingerprint density at radius 1 is 1.35 bits per heavy atom. The fraction of sp³-hybridized carbons (Fsp3) is 0.615. The van der Waals surface area contributed by atoms with Gasteiger partial charge in [-0.1, -0.05) is 25.3 Å². The van der Waals surface area contributed by atoms with E-state index in [0.29, 0.717) is 6.04 Å². The number of hydrogen-bond donors (Lipinski definition) is 2. The molecule has 0 radical (unpaired) electrons. The molecular weight excluding hydrogens is 212 g/mol. The molecule has 0 atom stereocenters. The number of hydrogen-bond acceptors (Lipinski definition) is 4. The summed E-state index contributed by atoms with van der Waals surface area (Å²) < 4.78 is 0. The van der Waals surface area contributed by atoms with Gasteiger partial charge in [0.15, 0.2) is 0 Å². The number of nitrogens with zero attached hydrogens (tertiary/aromatic N) is 2. The second kappa shape index (κ2) is 5.87. The molecule has 0 amide bonds. The third-order valence-corrected chi connectivity index (χ3v) is 3.53. The summed E-state index contributed by atoms with van der Waals surface area (Å²) in [6, 6.07) is 6.61. The van der Waals surface area contributed by atoms with Crippen molar-refractivity contribution in [2.75, 3.05) is 16.9 Å². The van der Waals surface area contributed by atoms with Crippen LogP contribution in [0.2, 0.25) is 0 Å². The van der Waals surface area contributed by atoms with Crippen LogP contribution < -0.4 is 16.2 Å². The van der Waals surface area contributed by atoms with E-state index in [4.69, 9.17) is 5.84 Å². The first kappa shape index (κ1) is 12.2. The van der Waals surface area contributed by atoms with E-state index < -0.39 is 0 Å². The summed E-state index contributed by atoms with van der Waals surface area (Å²) in [7, 11) is 0. The molecule has 1 aromatic rings. The van der Waals surface area contributed by atoms with Crippen LogP contribution in [0.4, 0.5) is 11.6 Å². The zero-order valence-electron chi connectivity index (χ0n) is 10.5. The van der Waals surface area contributed by atoms with Crippen molar-refractivity contribution in [2.45, 2.75) is 45.1 Å². The number of nitrogens with one attached hydrogen (secondary N) is 1. The summed E-state index contributed by atoms with van der Waals surface area (Å²) in [6.45, 7) is 3.20. The van der Waals surface area contributed by atoms with E-state index in [-0.39, 0.29) is 0 Å². The van der Waals surface area contributed by atoms with E-state index in [1.54, 1.807) is 0 Å². The number of pyridine rings is 1. The zero-order valence-corrected chi connectivity index (χ0v) is 10.5. The highest BCUT2D eigenvalue weighted by atomic mass is 15.3. The van der Waals surface area contributed by atoms with Gasteiger partial charge in [0, 0.05) is 12.6 Å². The minimum absolute atomic E-state index is 0.647. The van der Waals surface area contributed by atoms with Crippen molar-refractivity contribution in [3.8, 4) is 0 Å². The molecule has 0 saturated heterocycles. The minimum atomic E-state index is 0.647. The molecule has 17 heavy (non-hydrogen) atoms. The maximum Gasteiger partial charge on any atom is 0.142 e. The number of hydrazine groups is 1. The molecule has 1 saturated carbocycles. The fourth-order valence-corrected chi connectivity index (χ4v) is 2.66. The zero-order chi connectivity index (χ0) is 12.1. The van der Waals surface area contributed by atoms with Crippen molar-refractivity contribution in [1.29, 1.82) is 0 Å². The molecule has 1 aromatic heterocycles. The third-order valence-electron chi connectivity index (χ3n) is 3.53. The van der Waals surface area contributed by atoms with Gasteiger partial charge in [0.2, 0.25) is 0 Å². The lowest BCUT2D eigenvalue weighted by Crippen LogP contribution is -2.37. The molecule has 0 unspecified atom stereocenters. The van der Waals surface area contributed by atoms with E-state index in [0.717, 1.165) is 18.2 Å². The molecule has 4 nitrogen and oxygen atoms in total. The standard InChI is InChI=1S/C13H22N4/c1-2-17(11-7-4-3-5-8-11)13-10-6-9-12(15-13)16-14/h6,9-11H,2-5,7-8,14H2,1H3,(H,15,16). The van der Waals surface area contributed by atoms with Gasteiger partial charge in [-0.2, -0.15) is 0 Å². The summed E-state index contributed by atoms with van der Waals surface area (Å²) in [6.07, 6.45) is 6.64. The van der Waals surface area contributed by atoms with Crippen LogP contribution in [0.1, 0.15) is 39.0 Å². The average molecular weight is 234 g/mol. The van der Waals surface area contributed by atoms with Crippen LogP contribution in [-0.4, -0.2) is 17.6 Å². The Bertz CT molecular complexity index is 347. The van der Waals surface area contributed by atoms with Crippen molar-refractivity contribution in [3.05, 3.63) is 18.2 Å². The van der Waals surface area contributed by atoms with Crippen molar-refractivity contribution in [3.63, 3.8) is 0 Å². The van der Waals surface area contributed by atoms with Crippen LogP contribution in [0.3, 0.4) is 0 Å². The first-order valence-corrected chi connectivity index (χ1v) is 6.55. The lowest BCUT2D eigenvalue weighted by atomic mass is 9.94. The van der Waals surface area contributed by atoms with Crippen molar-refractivity contribution < 1.29 is 0 Å². The number of nitrogens with two attached hydrogens (primary N) is 1. The Balaban J connectivity index is 2.15. The second-order valence-corrected chi connectivity index (χ2v) is 4.60. The topological polar surface area (TPSA) is 54.2 Å². The molecule has 2 rings (SSSR count). The van der Waals surface area contributed by atoms with Gasteiger partial charge in [0.25, 0.3) is 0 Å². The molecule has 0 aromatic carbocycles. The third kappa shape index (κ3) is 2.88. The van der Waals surface area contributed by atoms with Crippen LogP contribution in [0.15, 0.2) is 18.2 Å². The summed E-state index contributed by atoms with van der Waals surface area (Å²) in [5, 5.41) is 0. The maximum absolute atomic E-state index is 5.41. The van der Waals surface area contributed by atoms with Crippen LogP contribution in [0, 0.1) is 0 Å². The highest BCUT2D eigenvalue weighted by Crippen LogP contribution is 2.26. The summed E-state index contributed by atoms with van der Waals surface area (Å²) >= 11 is 0. The highest BCUT2D eigenvalue weighted by molar-refractivity contribution is 5.47.